The van der Waals surface area contributed by atoms with Crippen molar-refractivity contribution in [3.63, 3.8) is 0 Å². The van der Waals surface area contributed by atoms with Gasteiger partial charge in [-0.05, 0) is 106 Å². The minimum atomic E-state index is 0.761. The van der Waals surface area contributed by atoms with Crippen LogP contribution in [0, 0.1) is 0 Å². The molecule has 3 rings (SSSR count). The number of hydrogen-bond acceptors (Lipinski definition) is 2. The molecule has 0 N–H and O–H groups in total. The summed E-state index contributed by atoms with van der Waals surface area (Å²) in [4.78, 5) is 0. The monoisotopic (exact) mass is 736 g/mol. The Balaban J connectivity index is 1.30. The van der Waals surface area contributed by atoms with Crippen LogP contribution < -0.4 is 9.47 Å². The Bertz CT molecular complexity index is 1340. The minimum absolute atomic E-state index is 0.761. The molecule has 0 aliphatic rings. The van der Waals surface area contributed by atoms with Gasteiger partial charge in [0.15, 0.2) is 0 Å². The predicted octanol–water partition coefficient (Wildman–Crippen LogP) is 16.1. The second kappa shape index (κ2) is 31.8. The lowest BCUT2D eigenvalue weighted by atomic mass is 10.1. The summed E-state index contributed by atoms with van der Waals surface area (Å²) in [5.74, 6) is 1.86. The van der Waals surface area contributed by atoms with E-state index in [0.717, 1.165) is 56.9 Å². The Morgan fingerprint density at radius 3 is 1.26 bits per heavy atom. The maximum Gasteiger partial charge on any atom is 0.123 e. The fourth-order valence-corrected chi connectivity index (χ4v) is 6.89. The zero-order valence-electron chi connectivity index (χ0n) is 34.7. The molecule has 0 saturated carbocycles. The number of unbranched alkanes of at least 4 members (excludes halogenated alkanes) is 18. The molecule has 0 saturated heterocycles. The van der Waals surface area contributed by atoms with Gasteiger partial charge < -0.3 is 14.0 Å². The van der Waals surface area contributed by atoms with Gasteiger partial charge in [-0.2, -0.15) is 0 Å². The Morgan fingerprint density at radius 1 is 0.444 bits per heavy atom. The Hall–Kier alpha value is -3.46. The predicted molar refractivity (Wildman–Crippen MR) is 237 cm³/mol. The highest BCUT2D eigenvalue weighted by atomic mass is 16.5. The molecule has 0 amide bonds. The van der Waals surface area contributed by atoms with E-state index in [9.17, 15) is 0 Å². The van der Waals surface area contributed by atoms with E-state index in [-0.39, 0.29) is 0 Å². The first-order chi connectivity index (χ1) is 26.8. The lowest BCUT2D eigenvalue weighted by Gasteiger charge is -2.13. The average Bonchev–Trinajstić information content (AvgIpc) is 3.59. The van der Waals surface area contributed by atoms with Crippen molar-refractivity contribution in [2.45, 2.75) is 174 Å². The molecule has 298 valence electrons. The van der Waals surface area contributed by atoms with Crippen LogP contribution in [0.15, 0.2) is 103 Å². The maximum absolute atomic E-state index is 6.33. The van der Waals surface area contributed by atoms with Crippen molar-refractivity contribution in [2.75, 3.05) is 13.2 Å². The van der Waals surface area contributed by atoms with Crippen LogP contribution >= 0.6 is 0 Å². The summed E-state index contributed by atoms with van der Waals surface area (Å²) in [6.45, 7) is 6.85. The molecule has 1 heterocycles. The molecular formula is C51H77NO2. The Labute approximate surface area is 332 Å². The van der Waals surface area contributed by atoms with Crippen LogP contribution in [-0.4, -0.2) is 17.8 Å². The number of hydrogen-bond donors (Lipinski definition) is 0. The summed E-state index contributed by atoms with van der Waals surface area (Å²) in [5.41, 5.74) is 1.22. The number of rotatable bonds is 34. The SMILES string of the molecule is CCCCC/C=C\C/C=C\CCCCCCCCOc1cc(Cn2cc3ccccc3c2)cc(OCCCCCCCC/C=C\C/C=C\CCCCC)c1. The van der Waals surface area contributed by atoms with Gasteiger partial charge in [-0.3, -0.25) is 0 Å². The van der Waals surface area contributed by atoms with E-state index in [4.69, 9.17) is 9.47 Å². The van der Waals surface area contributed by atoms with Crippen molar-refractivity contribution >= 4 is 10.8 Å². The van der Waals surface area contributed by atoms with Crippen molar-refractivity contribution in [1.29, 1.82) is 0 Å². The summed E-state index contributed by atoms with van der Waals surface area (Å²) in [6, 6.07) is 15.1. The van der Waals surface area contributed by atoms with Crippen LogP contribution in [-0.2, 0) is 6.54 Å². The molecule has 3 aromatic rings. The number of allylic oxidation sites excluding steroid dienone is 8. The van der Waals surface area contributed by atoms with E-state index < -0.39 is 0 Å². The van der Waals surface area contributed by atoms with Crippen LogP contribution in [0.4, 0.5) is 0 Å². The molecule has 0 bridgehead atoms. The molecule has 0 spiro atoms. The van der Waals surface area contributed by atoms with Gasteiger partial charge in [0.05, 0.1) is 13.2 Å². The van der Waals surface area contributed by atoms with Crippen LogP contribution in [0.1, 0.15) is 174 Å². The van der Waals surface area contributed by atoms with Gasteiger partial charge in [0.25, 0.3) is 0 Å². The van der Waals surface area contributed by atoms with E-state index in [1.165, 1.54) is 145 Å². The molecule has 3 nitrogen and oxygen atoms in total. The van der Waals surface area contributed by atoms with Gasteiger partial charge in [0.2, 0.25) is 0 Å². The van der Waals surface area contributed by atoms with Gasteiger partial charge in [-0.15, -0.1) is 0 Å². The molecule has 0 aliphatic carbocycles. The normalized spacial score (nSPS) is 12.1. The number of fused-ring (bicyclic) bond motifs is 1. The average molecular weight is 736 g/mol. The molecule has 3 heteroatoms. The van der Waals surface area contributed by atoms with Gasteiger partial charge in [0, 0.05) is 25.0 Å². The van der Waals surface area contributed by atoms with E-state index >= 15 is 0 Å². The Morgan fingerprint density at radius 2 is 0.833 bits per heavy atom. The molecule has 0 fully saturated rings. The molecule has 2 aromatic carbocycles. The topological polar surface area (TPSA) is 23.4 Å². The summed E-state index contributed by atoms with van der Waals surface area (Å²) in [7, 11) is 0. The summed E-state index contributed by atoms with van der Waals surface area (Å²) in [6.07, 6.45) is 53.3. The van der Waals surface area contributed by atoms with Gasteiger partial charge in [0.1, 0.15) is 11.5 Å². The van der Waals surface area contributed by atoms with Crippen LogP contribution in [0.2, 0.25) is 0 Å². The van der Waals surface area contributed by atoms with Crippen LogP contribution in [0.5, 0.6) is 11.5 Å². The second-order valence-corrected chi connectivity index (χ2v) is 15.2. The largest absolute Gasteiger partial charge is 0.493 e. The third-order valence-electron chi connectivity index (χ3n) is 10.1. The lowest BCUT2D eigenvalue weighted by Crippen LogP contribution is -2.03. The number of nitrogens with zero attached hydrogens (tertiary/aromatic N) is 1. The standard InChI is InChI=1S/C51H77NO2/c1-3-5-7-9-11-13-15-17-19-21-23-25-27-29-31-35-39-53-50-41-47(44-52-45-48-37-33-34-38-49(48)46-52)42-51(43-50)54-40-36-32-30-28-26-24-22-20-18-16-14-12-10-8-6-4-2/h11-14,17-20,33-34,37-38,41-43,45-46H,3-10,15-16,21-32,35-36,39-40,44H2,1-2H3/b13-11-,14-12-,19-17-,20-18-. The maximum atomic E-state index is 6.33. The van der Waals surface area contributed by atoms with Gasteiger partial charge in [-0.1, -0.05) is 164 Å². The first kappa shape index (κ1) is 44.9. The first-order valence-electron chi connectivity index (χ1n) is 22.3. The van der Waals surface area contributed by atoms with Gasteiger partial charge in [-0.25, -0.2) is 0 Å². The molecule has 0 radical (unpaired) electrons. The molecular weight excluding hydrogens is 659 g/mol. The van der Waals surface area contributed by atoms with E-state index in [1.54, 1.807) is 0 Å². The highest BCUT2D eigenvalue weighted by molar-refractivity contribution is 5.82. The van der Waals surface area contributed by atoms with E-state index in [1.807, 2.05) is 0 Å². The molecule has 0 atom stereocenters. The number of benzene rings is 2. The summed E-state index contributed by atoms with van der Waals surface area (Å²) in [5, 5.41) is 2.55. The third kappa shape index (κ3) is 22.7. The fraction of sp³-hybridized carbons (Fsp3) is 0.569. The molecule has 54 heavy (non-hydrogen) atoms. The van der Waals surface area contributed by atoms with Crippen molar-refractivity contribution in [3.05, 3.63) is 109 Å². The quantitative estimate of drug-likeness (QED) is 0.0450. The van der Waals surface area contributed by atoms with Gasteiger partial charge >= 0.3 is 0 Å². The van der Waals surface area contributed by atoms with E-state index in [2.05, 4.69) is 122 Å². The minimum Gasteiger partial charge on any atom is -0.493 e. The highest BCUT2D eigenvalue weighted by Crippen LogP contribution is 2.26. The van der Waals surface area contributed by atoms with E-state index in [0.29, 0.717) is 0 Å². The third-order valence-corrected chi connectivity index (χ3v) is 10.1. The van der Waals surface area contributed by atoms with Crippen molar-refractivity contribution in [2.24, 2.45) is 0 Å². The van der Waals surface area contributed by atoms with Crippen LogP contribution in [0.3, 0.4) is 0 Å². The lowest BCUT2D eigenvalue weighted by molar-refractivity contribution is 0.289. The van der Waals surface area contributed by atoms with Crippen molar-refractivity contribution in [1.82, 2.24) is 4.57 Å². The summed E-state index contributed by atoms with van der Waals surface area (Å²) < 4.78 is 14.9. The molecule has 0 aliphatic heterocycles. The van der Waals surface area contributed by atoms with Crippen molar-refractivity contribution in [3.8, 4) is 11.5 Å². The highest BCUT2D eigenvalue weighted by Gasteiger charge is 2.07. The number of ether oxygens (including phenoxy) is 2. The zero-order chi connectivity index (χ0) is 38.0. The Kier molecular flexibility index (Phi) is 26.5. The van der Waals surface area contributed by atoms with Crippen LogP contribution in [0.25, 0.3) is 10.8 Å². The van der Waals surface area contributed by atoms with Crippen molar-refractivity contribution < 1.29 is 9.47 Å². The molecule has 1 aromatic heterocycles. The fourth-order valence-electron chi connectivity index (χ4n) is 6.89. The number of aromatic nitrogens is 1. The molecule has 0 unspecified atom stereocenters. The zero-order valence-corrected chi connectivity index (χ0v) is 34.7. The second-order valence-electron chi connectivity index (χ2n) is 15.2. The summed E-state index contributed by atoms with van der Waals surface area (Å²) >= 11 is 0. The first-order valence-corrected chi connectivity index (χ1v) is 22.3. The smallest absolute Gasteiger partial charge is 0.123 e.